The van der Waals surface area contributed by atoms with E-state index in [9.17, 15) is 9.18 Å². The van der Waals surface area contributed by atoms with Gasteiger partial charge in [0.25, 0.3) is 0 Å². The van der Waals surface area contributed by atoms with E-state index in [1.165, 1.54) is 0 Å². The maximum Gasteiger partial charge on any atom is 0.240 e. The molecule has 1 atom stereocenters. The number of hydrogen-bond acceptors (Lipinski definition) is 2. The predicted octanol–water partition coefficient (Wildman–Crippen LogP) is 2.93. The van der Waals surface area contributed by atoms with E-state index < -0.39 is 0 Å². The third-order valence-corrected chi connectivity index (χ3v) is 4.04. The summed E-state index contributed by atoms with van der Waals surface area (Å²) >= 11 is 0. The molecule has 0 spiro atoms. The molecular formula is C17H25FN2O. The molecule has 1 saturated heterocycles. The first-order valence-electron chi connectivity index (χ1n) is 7.80. The number of aryl methyl sites for hydroxylation is 2. The Morgan fingerprint density at radius 2 is 2.00 bits per heavy atom. The van der Waals surface area contributed by atoms with Crippen molar-refractivity contribution in [3.8, 4) is 0 Å². The molecule has 2 rings (SSSR count). The van der Waals surface area contributed by atoms with E-state index in [1.54, 1.807) is 13.8 Å². The molecular weight excluding hydrogens is 267 g/mol. The minimum absolute atomic E-state index is 0.0543. The number of carbonyl (C=O) groups is 1. The fourth-order valence-corrected chi connectivity index (χ4v) is 2.95. The second-order valence-corrected chi connectivity index (χ2v) is 5.95. The van der Waals surface area contributed by atoms with Crippen LogP contribution in [-0.2, 0) is 11.3 Å². The number of amides is 1. The van der Waals surface area contributed by atoms with E-state index in [2.05, 4.69) is 12.2 Å². The molecule has 3 nitrogen and oxygen atoms in total. The van der Waals surface area contributed by atoms with E-state index in [0.717, 1.165) is 37.9 Å². The van der Waals surface area contributed by atoms with Crippen molar-refractivity contribution in [3.05, 3.63) is 34.6 Å². The van der Waals surface area contributed by atoms with Gasteiger partial charge in [-0.25, -0.2) is 4.39 Å². The van der Waals surface area contributed by atoms with Crippen LogP contribution in [0.25, 0.3) is 0 Å². The quantitative estimate of drug-likeness (QED) is 0.905. The molecule has 1 aromatic rings. The van der Waals surface area contributed by atoms with E-state index in [1.807, 2.05) is 17.0 Å². The van der Waals surface area contributed by atoms with Gasteiger partial charge in [-0.3, -0.25) is 4.79 Å². The number of nitrogens with one attached hydrogen (secondary N) is 1. The van der Waals surface area contributed by atoms with Crippen LogP contribution >= 0.6 is 0 Å². The van der Waals surface area contributed by atoms with Crippen LogP contribution in [0.2, 0.25) is 0 Å². The van der Waals surface area contributed by atoms with Crippen LogP contribution in [0.1, 0.15) is 42.9 Å². The molecule has 4 heteroatoms. The first kappa shape index (κ1) is 16.0. The van der Waals surface area contributed by atoms with Gasteiger partial charge in [0.1, 0.15) is 5.82 Å². The minimum Gasteiger partial charge on any atom is -0.337 e. The molecule has 1 aliphatic heterocycles. The highest BCUT2D eigenvalue weighted by Crippen LogP contribution is 2.19. The molecule has 1 aromatic carbocycles. The summed E-state index contributed by atoms with van der Waals surface area (Å²) in [7, 11) is 0. The number of nitrogens with zero attached hydrogens (tertiary/aromatic N) is 1. The highest BCUT2D eigenvalue weighted by molar-refractivity contribution is 5.82. The van der Waals surface area contributed by atoms with Crippen LogP contribution in [0.5, 0.6) is 0 Å². The van der Waals surface area contributed by atoms with Crippen LogP contribution in [0.15, 0.2) is 12.1 Å². The van der Waals surface area contributed by atoms with Crippen molar-refractivity contribution in [2.75, 3.05) is 13.1 Å². The summed E-state index contributed by atoms with van der Waals surface area (Å²) in [6.07, 6.45) is 2.96. The van der Waals surface area contributed by atoms with E-state index in [-0.39, 0.29) is 17.8 Å². The fraction of sp³-hybridized carbons (Fsp3) is 0.588. The molecule has 21 heavy (non-hydrogen) atoms. The third-order valence-electron chi connectivity index (χ3n) is 4.04. The minimum atomic E-state index is -0.147. The van der Waals surface area contributed by atoms with Crippen LogP contribution in [0.4, 0.5) is 4.39 Å². The molecule has 116 valence electrons. The van der Waals surface area contributed by atoms with Gasteiger partial charge in [0.05, 0.1) is 6.04 Å². The Bertz CT molecular complexity index is 493. The van der Waals surface area contributed by atoms with Crippen molar-refractivity contribution >= 4 is 5.91 Å². The third kappa shape index (κ3) is 3.82. The normalized spacial score (nSPS) is 19.1. The SMILES string of the molecule is CCCNC1CCCN(Cc2cc(C)c(F)c(C)c2)C1=O. The van der Waals surface area contributed by atoms with Crippen molar-refractivity contribution in [3.63, 3.8) is 0 Å². The molecule has 1 unspecified atom stereocenters. The Morgan fingerprint density at radius 1 is 1.33 bits per heavy atom. The summed E-state index contributed by atoms with van der Waals surface area (Å²) in [6, 6.07) is 3.64. The summed E-state index contributed by atoms with van der Waals surface area (Å²) in [5, 5.41) is 3.32. The van der Waals surface area contributed by atoms with E-state index >= 15 is 0 Å². The van der Waals surface area contributed by atoms with Crippen LogP contribution < -0.4 is 5.32 Å². The van der Waals surface area contributed by atoms with Crippen LogP contribution in [0.3, 0.4) is 0 Å². The molecule has 1 fully saturated rings. The van der Waals surface area contributed by atoms with Gasteiger partial charge < -0.3 is 10.2 Å². The predicted molar refractivity (Wildman–Crippen MR) is 82.6 cm³/mol. The molecule has 1 amide bonds. The lowest BCUT2D eigenvalue weighted by molar-refractivity contribution is -0.136. The molecule has 0 radical (unpaired) electrons. The molecule has 0 saturated carbocycles. The second-order valence-electron chi connectivity index (χ2n) is 5.95. The summed E-state index contributed by atoms with van der Waals surface area (Å²) in [4.78, 5) is 14.4. The maximum atomic E-state index is 13.7. The first-order chi connectivity index (χ1) is 10.0. The van der Waals surface area contributed by atoms with Gasteiger partial charge in [-0.15, -0.1) is 0 Å². The zero-order chi connectivity index (χ0) is 15.4. The van der Waals surface area contributed by atoms with Gasteiger partial charge in [-0.1, -0.05) is 19.1 Å². The fourth-order valence-electron chi connectivity index (χ4n) is 2.95. The van der Waals surface area contributed by atoms with Gasteiger partial charge >= 0.3 is 0 Å². The summed E-state index contributed by atoms with van der Waals surface area (Å²) < 4.78 is 13.7. The van der Waals surface area contributed by atoms with Crippen molar-refractivity contribution in [1.29, 1.82) is 0 Å². The number of piperidine rings is 1. The Labute approximate surface area is 126 Å². The lowest BCUT2D eigenvalue weighted by Gasteiger charge is -2.33. The van der Waals surface area contributed by atoms with Gasteiger partial charge in [0.15, 0.2) is 0 Å². The number of likely N-dealkylation sites (tertiary alicyclic amines) is 1. The Balaban J connectivity index is 2.06. The molecule has 1 N–H and O–H groups in total. The topological polar surface area (TPSA) is 32.3 Å². The lowest BCUT2D eigenvalue weighted by Crippen LogP contribution is -2.50. The zero-order valence-electron chi connectivity index (χ0n) is 13.2. The van der Waals surface area contributed by atoms with Gasteiger partial charge in [0, 0.05) is 13.1 Å². The molecule has 0 bridgehead atoms. The Kier molecular flexibility index (Phi) is 5.34. The molecule has 0 aromatic heterocycles. The first-order valence-corrected chi connectivity index (χ1v) is 7.80. The highest BCUT2D eigenvalue weighted by Gasteiger charge is 2.28. The van der Waals surface area contributed by atoms with Crippen molar-refractivity contribution in [2.45, 2.75) is 52.6 Å². The highest BCUT2D eigenvalue weighted by atomic mass is 19.1. The summed E-state index contributed by atoms with van der Waals surface area (Å²) in [6.45, 7) is 7.88. The van der Waals surface area contributed by atoms with Crippen LogP contribution in [0, 0.1) is 19.7 Å². The Morgan fingerprint density at radius 3 is 2.62 bits per heavy atom. The zero-order valence-corrected chi connectivity index (χ0v) is 13.2. The van der Waals surface area contributed by atoms with Crippen molar-refractivity contribution < 1.29 is 9.18 Å². The number of rotatable bonds is 5. The summed E-state index contributed by atoms with van der Waals surface area (Å²) in [5.41, 5.74) is 2.31. The lowest BCUT2D eigenvalue weighted by atomic mass is 10.0. The second kappa shape index (κ2) is 7.03. The standard InChI is InChI=1S/C17H25FN2O/c1-4-7-19-15-6-5-8-20(17(15)21)11-14-9-12(2)16(18)13(3)10-14/h9-10,15,19H,4-8,11H2,1-3H3. The van der Waals surface area contributed by atoms with Crippen molar-refractivity contribution in [2.24, 2.45) is 0 Å². The average molecular weight is 292 g/mol. The monoisotopic (exact) mass is 292 g/mol. The van der Waals surface area contributed by atoms with E-state index in [4.69, 9.17) is 0 Å². The Hall–Kier alpha value is -1.42. The number of carbonyl (C=O) groups excluding carboxylic acids is 1. The largest absolute Gasteiger partial charge is 0.337 e. The maximum absolute atomic E-state index is 13.7. The molecule has 1 heterocycles. The number of benzene rings is 1. The van der Waals surface area contributed by atoms with E-state index in [0.29, 0.717) is 17.7 Å². The van der Waals surface area contributed by atoms with Gasteiger partial charge in [-0.2, -0.15) is 0 Å². The summed E-state index contributed by atoms with van der Waals surface area (Å²) in [5.74, 6) is 0.0283. The number of hydrogen-bond donors (Lipinski definition) is 1. The van der Waals surface area contributed by atoms with Crippen molar-refractivity contribution in [1.82, 2.24) is 10.2 Å². The molecule has 1 aliphatic rings. The number of halogens is 1. The van der Waals surface area contributed by atoms with Crippen LogP contribution in [-0.4, -0.2) is 29.9 Å². The molecule has 0 aliphatic carbocycles. The van der Waals surface area contributed by atoms with Gasteiger partial charge in [0.2, 0.25) is 5.91 Å². The average Bonchev–Trinajstić information content (AvgIpc) is 2.45. The van der Waals surface area contributed by atoms with Gasteiger partial charge in [-0.05, 0) is 56.3 Å². The smallest absolute Gasteiger partial charge is 0.240 e.